The minimum Gasteiger partial charge on any atom is -0.308 e. The summed E-state index contributed by atoms with van der Waals surface area (Å²) in [6, 6.07) is 112. The van der Waals surface area contributed by atoms with Gasteiger partial charge in [-0.3, -0.25) is 0 Å². The van der Waals surface area contributed by atoms with Gasteiger partial charge >= 0.3 is 0 Å². The summed E-state index contributed by atoms with van der Waals surface area (Å²) in [5.41, 5.74) is 26.8. The zero-order valence-corrected chi connectivity index (χ0v) is 54.1. The van der Waals surface area contributed by atoms with Crippen LogP contribution in [0.5, 0.6) is 0 Å². The molecular formula is C90H63N7. The van der Waals surface area contributed by atoms with Crippen LogP contribution in [-0.2, 0) is 0 Å². The lowest BCUT2D eigenvalue weighted by Crippen LogP contribution is -2.12. The molecule has 0 atom stereocenters. The first kappa shape index (κ1) is 57.1. The van der Waals surface area contributed by atoms with E-state index in [0.29, 0.717) is 11.6 Å². The van der Waals surface area contributed by atoms with Crippen LogP contribution in [0, 0.1) is 27.7 Å². The Morgan fingerprint density at radius 2 is 0.515 bits per heavy atom. The molecule has 0 saturated heterocycles. The van der Waals surface area contributed by atoms with Crippen molar-refractivity contribution in [3.05, 3.63) is 332 Å². The van der Waals surface area contributed by atoms with E-state index in [0.717, 1.165) is 161 Å². The van der Waals surface area contributed by atoms with Crippen LogP contribution in [-0.4, -0.2) is 33.6 Å². The molecule has 0 saturated carbocycles. The Bertz CT molecular complexity index is 5800. The van der Waals surface area contributed by atoms with Gasteiger partial charge in [0.05, 0.1) is 78.5 Å². The molecule has 7 nitrogen and oxygen atoms in total. The van der Waals surface area contributed by atoms with Gasteiger partial charge in [-0.25, -0.2) is 19.9 Å². The fraction of sp³-hybridized carbons (Fsp3) is 0.0444. The van der Waals surface area contributed by atoms with Crippen LogP contribution < -0.4 is 0 Å². The first-order valence-electron chi connectivity index (χ1n) is 33.2. The molecule has 0 fully saturated rings. The van der Waals surface area contributed by atoms with Crippen molar-refractivity contribution in [2.24, 2.45) is 0 Å². The average Bonchev–Trinajstić information content (AvgIpc) is 1.60. The van der Waals surface area contributed by atoms with E-state index in [1.54, 1.807) is 0 Å². The fourth-order valence-corrected chi connectivity index (χ4v) is 14.7. The van der Waals surface area contributed by atoms with E-state index < -0.39 is 0 Å². The van der Waals surface area contributed by atoms with E-state index >= 15 is 0 Å². The van der Waals surface area contributed by atoms with Crippen LogP contribution >= 0.6 is 0 Å². The summed E-state index contributed by atoms with van der Waals surface area (Å²) in [5.74, 6) is 1.21. The molecule has 97 heavy (non-hydrogen) atoms. The molecule has 458 valence electrons. The van der Waals surface area contributed by atoms with E-state index in [1.807, 2.05) is 0 Å². The second-order valence-electron chi connectivity index (χ2n) is 25.7. The predicted octanol–water partition coefficient (Wildman–Crippen LogP) is 23.1. The molecule has 0 N–H and O–H groups in total. The van der Waals surface area contributed by atoms with Crippen molar-refractivity contribution in [3.8, 4) is 107 Å². The lowest BCUT2D eigenvalue weighted by molar-refractivity contribution is 1.07. The molecule has 0 amide bonds. The highest BCUT2D eigenvalue weighted by molar-refractivity contribution is 6.16. The smallest absolute Gasteiger partial charge is 0.160 e. The number of rotatable bonds is 11. The summed E-state index contributed by atoms with van der Waals surface area (Å²) in [6.07, 6.45) is 0. The van der Waals surface area contributed by atoms with Gasteiger partial charge in [-0.2, -0.15) is 0 Å². The Morgan fingerprint density at radius 3 is 0.907 bits per heavy atom. The summed E-state index contributed by atoms with van der Waals surface area (Å²) in [4.78, 5) is 23.0. The minimum atomic E-state index is 0.598. The van der Waals surface area contributed by atoms with Gasteiger partial charge in [0, 0.05) is 60.1 Å². The third-order valence-electron chi connectivity index (χ3n) is 19.3. The van der Waals surface area contributed by atoms with Crippen LogP contribution in [0.25, 0.3) is 173 Å². The standard InChI is InChI=1S/C90H63N7/c1-56-35-41-81-68(47-56)69-48-57(2)36-42-82(69)96(81)87-74(77-54-75(62-27-15-7-16-28-62)91-89(93-77)64-31-19-9-20-32-64)53-85(95-79-45-39-66(60-23-11-5-12-24-60)51-72(79)73-52-67(40-46-80(73)95)61-25-13-6-14-26-61)88(97-83-43-37-58(3)49-70(83)71-50-59(4)38-44-84(71)97)86(87)78-55-76(63-29-17-8-18-30-63)92-90(94-78)65-33-21-10-22-34-65/h5-55H,1-4H3. The lowest BCUT2D eigenvalue weighted by atomic mass is 9.94. The van der Waals surface area contributed by atoms with Gasteiger partial charge in [-0.15, -0.1) is 0 Å². The quantitative estimate of drug-likeness (QED) is 0.129. The Balaban J connectivity index is 1.13. The Kier molecular flexibility index (Phi) is 13.6. The van der Waals surface area contributed by atoms with Crippen molar-refractivity contribution < 1.29 is 0 Å². The van der Waals surface area contributed by atoms with Gasteiger partial charge in [-0.05, 0) is 141 Å². The zero-order valence-electron chi connectivity index (χ0n) is 54.1. The Morgan fingerprint density at radius 1 is 0.216 bits per heavy atom. The van der Waals surface area contributed by atoms with Crippen molar-refractivity contribution in [2.75, 3.05) is 0 Å². The number of aryl methyl sites for hydroxylation is 4. The van der Waals surface area contributed by atoms with Crippen LogP contribution in [0.4, 0.5) is 0 Å². The molecule has 7 heteroatoms. The first-order valence-corrected chi connectivity index (χ1v) is 33.2. The number of benzene rings is 13. The van der Waals surface area contributed by atoms with Gasteiger partial charge in [0.1, 0.15) is 0 Å². The van der Waals surface area contributed by atoms with Gasteiger partial charge in [0.25, 0.3) is 0 Å². The van der Waals surface area contributed by atoms with Crippen LogP contribution in [0.3, 0.4) is 0 Å². The van der Waals surface area contributed by atoms with Crippen LogP contribution in [0.15, 0.2) is 309 Å². The second kappa shape index (κ2) is 23.2. The molecule has 0 aliphatic carbocycles. The molecule has 18 rings (SSSR count). The molecule has 0 aliphatic rings. The van der Waals surface area contributed by atoms with E-state index in [-0.39, 0.29) is 0 Å². The maximum atomic E-state index is 6.04. The Hall–Kier alpha value is -12.6. The van der Waals surface area contributed by atoms with Crippen molar-refractivity contribution in [3.63, 3.8) is 0 Å². The lowest BCUT2D eigenvalue weighted by Gasteiger charge is -2.27. The topological polar surface area (TPSA) is 66.3 Å². The zero-order chi connectivity index (χ0) is 64.8. The van der Waals surface area contributed by atoms with E-state index in [1.165, 1.54) is 22.3 Å². The number of aromatic nitrogens is 7. The fourth-order valence-electron chi connectivity index (χ4n) is 14.7. The van der Waals surface area contributed by atoms with Gasteiger partial charge in [0.15, 0.2) is 11.6 Å². The summed E-state index contributed by atoms with van der Waals surface area (Å²) >= 11 is 0. The number of hydrogen-bond donors (Lipinski definition) is 0. The first-order chi connectivity index (χ1) is 47.7. The molecule has 0 spiro atoms. The van der Waals surface area contributed by atoms with Gasteiger partial charge in [-0.1, -0.05) is 241 Å². The van der Waals surface area contributed by atoms with Crippen molar-refractivity contribution in [1.82, 2.24) is 33.6 Å². The maximum Gasteiger partial charge on any atom is 0.160 e. The summed E-state index contributed by atoms with van der Waals surface area (Å²) in [7, 11) is 0. The minimum absolute atomic E-state index is 0.598. The van der Waals surface area contributed by atoms with E-state index in [4.69, 9.17) is 19.9 Å². The van der Waals surface area contributed by atoms with Crippen LogP contribution in [0.2, 0.25) is 0 Å². The molecule has 0 unspecified atom stereocenters. The van der Waals surface area contributed by atoms with Gasteiger partial charge in [0.2, 0.25) is 0 Å². The predicted molar refractivity (Wildman–Crippen MR) is 403 cm³/mol. The SMILES string of the molecule is Cc1ccc2c(c1)c1cc(C)ccc1n2-c1c(-c2cc(-c3ccccc3)nc(-c3ccccc3)n2)cc(-n2c3ccc(-c4ccccc4)cc3c3cc(-c4ccccc4)ccc32)c(-n2c3ccc(C)cc3c3cc(C)ccc32)c1-c1cc(-c2ccccc2)nc(-c2ccccc2)n1. The van der Waals surface area contributed by atoms with Crippen molar-refractivity contribution in [1.29, 1.82) is 0 Å². The third-order valence-corrected chi connectivity index (χ3v) is 19.3. The molecular weight excluding hydrogens is 1180 g/mol. The molecule has 0 aliphatic heterocycles. The van der Waals surface area contributed by atoms with Crippen molar-refractivity contribution in [2.45, 2.75) is 27.7 Å². The second-order valence-corrected chi connectivity index (χ2v) is 25.7. The highest BCUT2D eigenvalue weighted by Crippen LogP contribution is 2.51. The monoisotopic (exact) mass is 1240 g/mol. The Labute approximate surface area is 562 Å². The van der Waals surface area contributed by atoms with E-state index in [2.05, 4.69) is 351 Å². The normalized spacial score (nSPS) is 11.7. The summed E-state index contributed by atoms with van der Waals surface area (Å²) < 4.78 is 7.61. The molecule has 13 aromatic carbocycles. The molecule has 0 bridgehead atoms. The molecule has 18 aromatic rings. The maximum absolute atomic E-state index is 6.04. The van der Waals surface area contributed by atoms with Crippen molar-refractivity contribution >= 4 is 65.4 Å². The largest absolute Gasteiger partial charge is 0.308 e. The highest BCUT2D eigenvalue weighted by atomic mass is 15.1. The average molecular weight is 1240 g/mol. The molecule has 5 heterocycles. The number of fused-ring (bicyclic) bond motifs is 9. The molecule has 0 radical (unpaired) electrons. The number of hydrogen-bond acceptors (Lipinski definition) is 4. The molecule has 5 aromatic heterocycles. The highest BCUT2D eigenvalue weighted by Gasteiger charge is 2.33. The van der Waals surface area contributed by atoms with Crippen LogP contribution in [0.1, 0.15) is 22.3 Å². The number of nitrogens with zero attached hydrogens (tertiary/aromatic N) is 7. The third kappa shape index (κ3) is 9.81. The summed E-state index contributed by atoms with van der Waals surface area (Å²) in [6.45, 7) is 8.79. The van der Waals surface area contributed by atoms with Gasteiger partial charge < -0.3 is 13.7 Å². The van der Waals surface area contributed by atoms with E-state index in [9.17, 15) is 0 Å². The summed E-state index contributed by atoms with van der Waals surface area (Å²) in [5, 5.41) is 6.83.